The highest BCUT2D eigenvalue weighted by Crippen LogP contribution is 2.27. The Morgan fingerprint density at radius 3 is 2.39 bits per heavy atom. The molecule has 31 heavy (non-hydrogen) atoms. The highest BCUT2D eigenvalue weighted by molar-refractivity contribution is 5.88. The maximum absolute atomic E-state index is 15.0. The molecule has 0 spiro atoms. The van der Waals surface area contributed by atoms with Gasteiger partial charge in [0.15, 0.2) is 0 Å². The summed E-state index contributed by atoms with van der Waals surface area (Å²) in [5, 5.41) is 5.39. The van der Waals surface area contributed by atoms with Crippen LogP contribution in [0.3, 0.4) is 0 Å². The Bertz CT molecular complexity index is 1270. The minimum Gasteiger partial charge on any atom is -0.382 e. The molecule has 0 fully saturated rings. The summed E-state index contributed by atoms with van der Waals surface area (Å²) in [4.78, 5) is 4.24. The van der Waals surface area contributed by atoms with E-state index in [2.05, 4.69) is 47.2 Å². The summed E-state index contributed by atoms with van der Waals surface area (Å²) >= 11 is 0. The number of fused-ring (bicyclic) bond motifs is 1. The van der Waals surface area contributed by atoms with Gasteiger partial charge in [0, 0.05) is 29.7 Å². The summed E-state index contributed by atoms with van der Waals surface area (Å²) in [6, 6.07) is 26.3. The van der Waals surface area contributed by atoms with E-state index in [1.54, 1.807) is 6.92 Å². The van der Waals surface area contributed by atoms with Crippen LogP contribution in [0.15, 0.2) is 103 Å². The molecule has 154 valence electrons. The zero-order chi connectivity index (χ0) is 21.8. The fourth-order valence-corrected chi connectivity index (χ4v) is 3.58. The average molecular weight is 409 g/mol. The van der Waals surface area contributed by atoms with E-state index in [1.165, 1.54) is 0 Å². The number of nitrogens with one attached hydrogen (secondary N) is 1. The van der Waals surface area contributed by atoms with E-state index in [0.29, 0.717) is 17.8 Å². The number of benzene rings is 3. The van der Waals surface area contributed by atoms with Crippen molar-refractivity contribution in [3.63, 3.8) is 0 Å². The van der Waals surface area contributed by atoms with Crippen molar-refractivity contribution in [1.29, 1.82) is 0 Å². The van der Waals surface area contributed by atoms with E-state index in [1.807, 2.05) is 61.7 Å². The van der Waals surface area contributed by atoms with Crippen molar-refractivity contribution >= 4 is 16.3 Å². The summed E-state index contributed by atoms with van der Waals surface area (Å²) in [5.74, 6) is -0.320. The van der Waals surface area contributed by atoms with Gasteiger partial charge < -0.3 is 5.32 Å². The Balaban J connectivity index is 1.45. The molecular weight excluding hydrogens is 383 g/mol. The second kappa shape index (κ2) is 8.97. The first-order valence-corrected chi connectivity index (χ1v) is 10.3. The summed E-state index contributed by atoms with van der Waals surface area (Å²) < 4.78 is 15.0. The number of nitrogens with zero attached hydrogens (tertiary/aromatic N) is 1. The number of halogens is 1. The monoisotopic (exact) mass is 408 g/mol. The van der Waals surface area contributed by atoms with E-state index in [0.717, 1.165) is 38.7 Å². The molecule has 0 aliphatic carbocycles. The van der Waals surface area contributed by atoms with Crippen molar-refractivity contribution < 1.29 is 4.39 Å². The zero-order valence-corrected chi connectivity index (χ0v) is 17.8. The lowest BCUT2D eigenvalue weighted by Gasteiger charge is -2.12. The molecule has 1 aromatic heterocycles. The number of aromatic nitrogens is 1. The van der Waals surface area contributed by atoms with Crippen molar-refractivity contribution in [3.8, 4) is 11.1 Å². The minimum absolute atomic E-state index is 0.320. The van der Waals surface area contributed by atoms with Crippen molar-refractivity contribution in [2.45, 2.75) is 20.4 Å². The number of pyridine rings is 1. The zero-order valence-electron chi connectivity index (χ0n) is 17.8. The molecule has 1 N–H and O–H groups in total. The van der Waals surface area contributed by atoms with Gasteiger partial charge in [0.1, 0.15) is 5.83 Å². The van der Waals surface area contributed by atoms with Crippen LogP contribution in [0.4, 0.5) is 4.39 Å². The van der Waals surface area contributed by atoms with E-state index in [9.17, 15) is 0 Å². The minimum atomic E-state index is -0.320. The third kappa shape index (κ3) is 4.72. The van der Waals surface area contributed by atoms with Gasteiger partial charge >= 0.3 is 0 Å². The first-order valence-electron chi connectivity index (χ1n) is 10.3. The fraction of sp³-hybridized carbons (Fsp3) is 0.107. The Morgan fingerprint density at radius 1 is 0.903 bits per heavy atom. The lowest BCUT2D eigenvalue weighted by atomic mass is 10.0. The van der Waals surface area contributed by atoms with Crippen LogP contribution in [0, 0.1) is 6.92 Å². The molecule has 0 radical (unpaired) electrons. The highest BCUT2D eigenvalue weighted by Gasteiger charge is 2.10. The molecular formula is C28H25FN2. The van der Waals surface area contributed by atoms with Gasteiger partial charge in [0.2, 0.25) is 0 Å². The number of rotatable bonds is 6. The Morgan fingerprint density at radius 2 is 1.65 bits per heavy atom. The van der Waals surface area contributed by atoms with E-state index in [4.69, 9.17) is 0 Å². The van der Waals surface area contributed by atoms with Gasteiger partial charge in [-0.15, -0.1) is 0 Å². The van der Waals surface area contributed by atoms with Gasteiger partial charge in [0.05, 0.1) is 0 Å². The number of allylic oxidation sites excluding steroid dienone is 3. The van der Waals surface area contributed by atoms with Crippen molar-refractivity contribution in [1.82, 2.24) is 10.3 Å². The summed E-state index contributed by atoms with van der Waals surface area (Å²) in [5.41, 5.74) is 6.00. The van der Waals surface area contributed by atoms with E-state index < -0.39 is 0 Å². The quantitative estimate of drug-likeness (QED) is 0.341. The maximum atomic E-state index is 15.0. The molecule has 0 unspecified atom stereocenters. The van der Waals surface area contributed by atoms with Gasteiger partial charge in [-0.2, -0.15) is 0 Å². The normalized spacial score (nSPS) is 11.8. The molecule has 0 saturated heterocycles. The molecule has 4 rings (SSSR count). The second-order valence-corrected chi connectivity index (χ2v) is 7.72. The molecule has 0 saturated carbocycles. The van der Waals surface area contributed by atoms with E-state index >= 15 is 4.39 Å². The third-order valence-corrected chi connectivity index (χ3v) is 5.43. The van der Waals surface area contributed by atoms with Gasteiger partial charge in [-0.25, -0.2) is 4.39 Å². The SMILES string of the molecule is C=C(/C(F)=C(\C)NCc1ccc(-c2ccnc(C)c2)cc1)c1ccc2ccccc2c1. The molecule has 0 atom stereocenters. The summed E-state index contributed by atoms with van der Waals surface area (Å²) in [6.07, 6.45) is 1.82. The number of aryl methyl sites for hydroxylation is 1. The Kier molecular flexibility index (Phi) is 5.94. The van der Waals surface area contributed by atoms with E-state index in [-0.39, 0.29) is 5.83 Å². The standard InChI is InChI=1S/C28H25FN2/c1-19-16-27(14-15-30-19)24-10-8-22(9-11-24)18-31-21(3)28(29)20(2)25-13-12-23-6-4-5-7-26(23)17-25/h4-17,31H,2,18H2,1,3H3/b28-21-. The molecule has 2 nitrogen and oxygen atoms in total. The van der Waals surface area contributed by atoms with Crippen LogP contribution >= 0.6 is 0 Å². The Hall–Kier alpha value is -3.72. The molecule has 3 aromatic carbocycles. The molecule has 3 heteroatoms. The van der Waals surface area contributed by atoms with Crippen LogP contribution in [0.5, 0.6) is 0 Å². The van der Waals surface area contributed by atoms with Gasteiger partial charge in [-0.05, 0) is 65.1 Å². The second-order valence-electron chi connectivity index (χ2n) is 7.72. The largest absolute Gasteiger partial charge is 0.382 e. The molecule has 0 aliphatic heterocycles. The van der Waals surface area contributed by atoms with Crippen LogP contribution in [0.25, 0.3) is 27.5 Å². The fourth-order valence-electron chi connectivity index (χ4n) is 3.58. The summed E-state index contributed by atoms with van der Waals surface area (Å²) in [6.45, 7) is 8.25. The predicted octanol–water partition coefficient (Wildman–Crippen LogP) is 7.21. The molecule has 0 aliphatic rings. The van der Waals surface area contributed by atoms with Crippen LogP contribution in [-0.4, -0.2) is 4.98 Å². The lowest BCUT2D eigenvalue weighted by molar-refractivity contribution is 0.636. The molecule has 1 heterocycles. The third-order valence-electron chi connectivity index (χ3n) is 5.43. The first kappa shape index (κ1) is 20.5. The summed E-state index contributed by atoms with van der Waals surface area (Å²) in [7, 11) is 0. The lowest BCUT2D eigenvalue weighted by Crippen LogP contribution is -2.12. The van der Waals surface area contributed by atoms with Crippen molar-refractivity contribution in [3.05, 3.63) is 120 Å². The molecule has 0 bridgehead atoms. The van der Waals surface area contributed by atoms with Crippen LogP contribution in [-0.2, 0) is 6.54 Å². The predicted molar refractivity (Wildman–Crippen MR) is 128 cm³/mol. The van der Waals surface area contributed by atoms with Gasteiger partial charge in [0.25, 0.3) is 0 Å². The Labute approximate surface area is 182 Å². The number of hydrogen-bond acceptors (Lipinski definition) is 2. The van der Waals surface area contributed by atoms with Crippen molar-refractivity contribution in [2.24, 2.45) is 0 Å². The van der Waals surface area contributed by atoms with Crippen LogP contribution < -0.4 is 5.32 Å². The first-order chi connectivity index (χ1) is 15.0. The molecule has 4 aromatic rings. The van der Waals surface area contributed by atoms with Crippen LogP contribution in [0.2, 0.25) is 0 Å². The smallest absolute Gasteiger partial charge is 0.148 e. The van der Waals surface area contributed by atoms with Gasteiger partial charge in [-0.1, -0.05) is 67.2 Å². The highest BCUT2D eigenvalue weighted by atomic mass is 19.1. The number of hydrogen-bond donors (Lipinski definition) is 1. The molecule has 0 amide bonds. The topological polar surface area (TPSA) is 24.9 Å². The van der Waals surface area contributed by atoms with Crippen molar-refractivity contribution in [2.75, 3.05) is 0 Å². The average Bonchev–Trinajstić information content (AvgIpc) is 2.81. The van der Waals surface area contributed by atoms with Crippen LogP contribution in [0.1, 0.15) is 23.7 Å². The maximum Gasteiger partial charge on any atom is 0.148 e. The van der Waals surface area contributed by atoms with Gasteiger partial charge in [-0.3, -0.25) is 4.98 Å².